The fourth-order valence-electron chi connectivity index (χ4n) is 4.06. The van der Waals surface area contributed by atoms with Crippen LogP contribution in [0.4, 0.5) is 0 Å². The van der Waals surface area contributed by atoms with Gasteiger partial charge >= 0.3 is 0 Å². The van der Waals surface area contributed by atoms with Crippen LogP contribution in [0.2, 0.25) is 0 Å². The van der Waals surface area contributed by atoms with Crippen molar-refractivity contribution in [2.75, 3.05) is 19.6 Å². The van der Waals surface area contributed by atoms with Crippen LogP contribution in [0.5, 0.6) is 0 Å². The number of amides is 2. The molecule has 1 fully saturated rings. The van der Waals surface area contributed by atoms with Crippen molar-refractivity contribution >= 4 is 11.8 Å². The van der Waals surface area contributed by atoms with Crippen LogP contribution in [0.25, 0.3) is 0 Å². The maximum Gasteiger partial charge on any atom is 0.251 e. The average Bonchev–Trinajstić information content (AvgIpc) is 2.67. The lowest BCUT2D eigenvalue weighted by molar-refractivity contribution is -0.132. The van der Waals surface area contributed by atoms with Crippen LogP contribution < -0.4 is 10.9 Å². The van der Waals surface area contributed by atoms with Gasteiger partial charge < -0.3 is 14.8 Å². The SMILES string of the molecule is O=C(NCC(=O)N1C[C@@H]2C[C@H](C1)c1cccc(=O)n1C2)c1ccccc1. The molecule has 1 N–H and O–H groups in total. The second-order valence-electron chi connectivity index (χ2n) is 7.05. The molecule has 2 aliphatic rings. The van der Waals surface area contributed by atoms with Crippen molar-refractivity contribution in [2.45, 2.75) is 18.9 Å². The van der Waals surface area contributed by atoms with Gasteiger partial charge in [-0.2, -0.15) is 0 Å². The third kappa shape index (κ3) is 3.14. The van der Waals surface area contributed by atoms with Crippen molar-refractivity contribution in [1.29, 1.82) is 0 Å². The van der Waals surface area contributed by atoms with Crippen LogP contribution in [-0.2, 0) is 11.3 Å². The van der Waals surface area contributed by atoms with Gasteiger partial charge in [0, 0.05) is 42.9 Å². The minimum Gasteiger partial charge on any atom is -0.343 e. The van der Waals surface area contributed by atoms with E-state index in [0.29, 0.717) is 25.2 Å². The van der Waals surface area contributed by atoms with Gasteiger partial charge in [0.1, 0.15) is 0 Å². The third-order valence-corrected chi connectivity index (χ3v) is 5.27. The van der Waals surface area contributed by atoms with Gasteiger partial charge in [-0.3, -0.25) is 14.4 Å². The Labute approximate surface area is 151 Å². The zero-order valence-electron chi connectivity index (χ0n) is 14.4. The first-order chi connectivity index (χ1) is 12.6. The summed E-state index contributed by atoms with van der Waals surface area (Å²) in [5, 5.41) is 2.70. The summed E-state index contributed by atoms with van der Waals surface area (Å²) in [6.07, 6.45) is 1.00. The fraction of sp³-hybridized carbons (Fsp3) is 0.350. The van der Waals surface area contributed by atoms with Crippen molar-refractivity contribution in [1.82, 2.24) is 14.8 Å². The summed E-state index contributed by atoms with van der Waals surface area (Å²) >= 11 is 0. The third-order valence-electron chi connectivity index (χ3n) is 5.27. The maximum absolute atomic E-state index is 12.6. The number of aromatic nitrogens is 1. The molecule has 2 aliphatic heterocycles. The number of fused-ring (bicyclic) bond motifs is 4. The van der Waals surface area contributed by atoms with Gasteiger partial charge in [0.15, 0.2) is 0 Å². The molecular weight excluding hydrogens is 330 g/mol. The second kappa shape index (κ2) is 6.78. The van der Waals surface area contributed by atoms with Crippen molar-refractivity contribution in [2.24, 2.45) is 5.92 Å². The van der Waals surface area contributed by atoms with Crippen LogP contribution in [0.15, 0.2) is 53.3 Å². The molecule has 2 aromatic rings. The monoisotopic (exact) mass is 351 g/mol. The topological polar surface area (TPSA) is 71.4 Å². The van der Waals surface area contributed by atoms with E-state index in [0.717, 1.165) is 12.1 Å². The van der Waals surface area contributed by atoms with E-state index in [9.17, 15) is 14.4 Å². The molecule has 0 spiro atoms. The second-order valence-corrected chi connectivity index (χ2v) is 7.05. The molecule has 2 amide bonds. The molecule has 3 heterocycles. The van der Waals surface area contributed by atoms with Gasteiger partial charge in [-0.15, -0.1) is 0 Å². The average molecular weight is 351 g/mol. The van der Waals surface area contributed by atoms with Crippen LogP contribution in [0.1, 0.15) is 28.4 Å². The summed E-state index contributed by atoms with van der Waals surface area (Å²) < 4.78 is 1.85. The number of nitrogens with one attached hydrogen (secondary N) is 1. The highest BCUT2D eigenvalue weighted by Crippen LogP contribution is 2.34. The summed E-state index contributed by atoms with van der Waals surface area (Å²) in [5.41, 5.74) is 1.59. The number of hydrogen-bond acceptors (Lipinski definition) is 3. The number of carbonyl (C=O) groups excluding carboxylic acids is 2. The first-order valence-electron chi connectivity index (χ1n) is 8.92. The molecule has 1 aromatic carbocycles. The van der Waals surface area contributed by atoms with Gasteiger partial charge in [0.25, 0.3) is 11.5 Å². The number of piperidine rings is 1. The van der Waals surface area contributed by atoms with E-state index >= 15 is 0 Å². The molecular formula is C20H21N3O3. The highest BCUT2D eigenvalue weighted by Gasteiger charge is 2.36. The molecule has 6 heteroatoms. The lowest BCUT2D eigenvalue weighted by atomic mass is 9.83. The van der Waals surface area contributed by atoms with Crippen molar-refractivity contribution in [3.63, 3.8) is 0 Å². The maximum atomic E-state index is 12.6. The smallest absolute Gasteiger partial charge is 0.251 e. The normalized spacial score (nSPS) is 21.0. The Balaban J connectivity index is 1.41. The Morgan fingerprint density at radius 3 is 2.62 bits per heavy atom. The van der Waals surface area contributed by atoms with Gasteiger partial charge in [-0.05, 0) is 30.5 Å². The molecule has 0 aliphatic carbocycles. The Kier molecular flexibility index (Phi) is 4.32. The lowest BCUT2D eigenvalue weighted by Gasteiger charge is -2.42. The summed E-state index contributed by atoms with van der Waals surface area (Å²) in [6.45, 7) is 1.89. The molecule has 2 bridgehead atoms. The van der Waals surface area contributed by atoms with Gasteiger partial charge in [-0.25, -0.2) is 0 Å². The molecule has 1 aromatic heterocycles. The first-order valence-corrected chi connectivity index (χ1v) is 8.92. The predicted molar refractivity (Wildman–Crippen MR) is 96.9 cm³/mol. The number of rotatable bonds is 3. The van der Waals surface area contributed by atoms with Crippen molar-refractivity contribution in [3.05, 3.63) is 70.1 Å². The van der Waals surface area contributed by atoms with Gasteiger partial charge in [-0.1, -0.05) is 24.3 Å². The minimum absolute atomic E-state index is 0.00520. The Morgan fingerprint density at radius 1 is 1.00 bits per heavy atom. The molecule has 2 atom stereocenters. The Bertz CT molecular complexity index is 891. The van der Waals surface area contributed by atoms with E-state index in [1.54, 1.807) is 36.4 Å². The van der Waals surface area contributed by atoms with Crippen LogP contribution in [-0.4, -0.2) is 40.9 Å². The van der Waals surface area contributed by atoms with Crippen molar-refractivity contribution < 1.29 is 9.59 Å². The zero-order chi connectivity index (χ0) is 18.1. The highest BCUT2D eigenvalue weighted by molar-refractivity contribution is 5.96. The van der Waals surface area contributed by atoms with Gasteiger partial charge in [0.05, 0.1) is 6.54 Å². The number of benzene rings is 1. The first kappa shape index (κ1) is 16.6. The molecule has 134 valence electrons. The predicted octanol–water partition coefficient (Wildman–Crippen LogP) is 1.22. The number of likely N-dealkylation sites (tertiary alicyclic amines) is 1. The summed E-state index contributed by atoms with van der Waals surface area (Å²) in [7, 11) is 0. The standard InChI is InChI=1S/C20H21N3O3/c24-18-8-4-7-17-16-9-14(12-23(17)18)11-22(13-16)19(25)10-21-20(26)15-5-2-1-3-6-15/h1-8,14,16H,9-13H2,(H,21,26)/t14-,16+/m0/s1. The molecule has 1 saturated heterocycles. The quantitative estimate of drug-likeness (QED) is 0.904. The molecule has 0 unspecified atom stereocenters. The van der Waals surface area contributed by atoms with E-state index in [4.69, 9.17) is 0 Å². The fourth-order valence-corrected chi connectivity index (χ4v) is 4.06. The molecule has 26 heavy (non-hydrogen) atoms. The Hall–Kier alpha value is -2.89. The van der Waals surface area contributed by atoms with Crippen LogP contribution in [0.3, 0.4) is 0 Å². The molecule has 6 nitrogen and oxygen atoms in total. The highest BCUT2D eigenvalue weighted by atomic mass is 16.2. The number of pyridine rings is 1. The van der Waals surface area contributed by atoms with E-state index < -0.39 is 0 Å². The molecule has 4 rings (SSSR count). The Morgan fingerprint density at radius 2 is 1.81 bits per heavy atom. The minimum atomic E-state index is -0.243. The summed E-state index contributed by atoms with van der Waals surface area (Å²) in [6, 6.07) is 14.2. The summed E-state index contributed by atoms with van der Waals surface area (Å²) in [5.74, 6) is 0.157. The van der Waals surface area contributed by atoms with Crippen LogP contribution in [0, 0.1) is 5.92 Å². The number of carbonyl (C=O) groups is 2. The number of nitrogens with zero attached hydrogens (tertiary/aromatic N) is 2. The molecule has 0 saturated carbocycles. The largest absolute Gasteiger partial charge is 0.343 e. The lowest BCUT2D eigenvalue weighted by Crippen LogP contribution is -2.51. The van der Waals surface area contributed by atoms with Crippen LogP contribution >= 0.6 is 0 Å². The zero-order valence-corrected chi connectivity index (χ0v) is 14.4. The van der Waals surface area contributed by atoms with Gasteiger partial charge in [0.2, 0.25) is 5.91 Å². The van der Waals surface area contributed by atoms with E-state index in [1.165, 1.54) is 0 Å². The summed E-state index contributed by atoms with van der Waals surface area (Å²) in [4.78, 5) is 38.6. The van der Waals surface area contributed by atoms with E-state index in [-0.39, 0.29) is 35.8 Å². The molecule has 0 radical (unpaired) electrons. The van der Waals surface area contributed by atoms with E-state index in [1.807, 2.05) is 21.6 Å². The van der Waals surface area contributed by atoms with Crippen molar-refractivity contribution in [3.8, 4) is 0 Å². The number of hydrogen-bond donors (Lipinski definition) is 1. The van der Waals surface area contributed by atoms with E-state index in [2.05, 4.69) is 5.32 Å².